The van der Waals surface area contributed by atoms with Crippen LogP contribution in [-0.4, -0.2) is 41.9 Å². The summed E-state index contributed by atoms with van der Waals surface area (Å²) in [5, 5.41) is 9.98. The molecule has 1 heterocycles. The summed E-state index contributed by atoms with van der Waals surface area (Å²) >= 11 is 0. The molecule has 0 spiro atoms. The summed E-state index contributed by atoms with van der Waals surface area (Å²) in [6, 6.07) is 14.5. The van der Waals surface area contributed by atoms with Crippen LogP contribution in [0.3, 0.4) is 0 Å². The van der Waals surface area contributed by atoms with E-state index in [1.807, 2.05) is 24.3 Å². The molecule has 7 nitrogen and oxygen atoms in total. The van der Waals surface area contributed by atoms with Crippen LogP contribution in [0.2, 0.25) is 0 Å². The molecule has 2 aromatic carbocycles. The zero-order valence-electron chi connectivity index (χ0n) is 14.7. The standard InChI is InChI=1S/C19H20N4O3/c1-25-15-8-6-13(7-9-15)18-21-17(22-23-18)10-11-20-19(24)14-4-3-5-16(12-14)26-2/h3-9,12H,10-11H2,1-2H3,(H,20,24)(H,21,22,23). The molecule has 26 heavy (non-hydrogen) atoms. The van der Waals surface area contributed by atoms with Gasteiger partial charge in [0.1, 0.15) is 17.3 Å². The number of H-pyrrole nitrogens is 1. The minimum absolute atomic E-state index is 0.154. The number of nitrogens with one attached hydrogen (secondary N) is 2. The number of methoxy groups -OCH3 is 2. The Hall–Kier alpha value is -3.35. The van der Waals surface area contributed by atoms with Gasteiger partial charge < -0.3 is 14.8 Å². The van der Waals surface area contributed by atoms with Crippen molar-refractivity contribution in [3.8, 4) is 22.9 Å². The van der Waals surface area contributed by atoms with Crippen molar-refractivity contribution in [3.63, 3.8) is 0 Å². The number of hydrogen-bond acceptors (Lipinski definition) is 5. The molecule has 0 saturated carbocycles. The van der Waals surface area contributed by atoms with Crippen molar-refractivity contribution < 1.29 is 14.3 Å². The highest BCUT2D eigenvalue weighted by Gasteiger charge is 2.09. The number of rotatable bonds is 7. The molecular formula is C19H20N4O3. The Morgan fingerprint density at radius 1 is 1.08 bits per heavy atom. The molecule has 2 N–H and O–H groups in total. The van der Waals surface area contributed by atoms with Crippen molar-refractivity contribution in [1.29, 1.82) is 0 Å². The molecule has 3 aromatic rings. The van der Waals surface area contributed by atoms with Gasteiger partial charge in [-0.25, -0.2) is 4.98 Å². The minimum atomic E-state index is -0.154. The van der Waals surface area contributed by atoms with Gasteiger partial charge in [0.25, 0.3) is 5.91 Å². The number of aromatic amines is 1. The molecule has 0 aliphatic rings. The molecule has 0 atom stereocenters. The molecule has 0 saturated heterocycles. The number of amides is 1. The third-order valence-electron chi connectivity index (χ3n) is 3.86. The average molecular weight is 352 g/mol. The fraction of sp³-hybridized carbons (Fsp3) is 0.211. The number of carbonyl (C=O) groups is 1. The van der Waals surface area contributed by atoms with Crippen molar-refractivity contribution >= 4 is 5.91 Å². The summed E-state index contributed by atoms with van der Waals surface area (Å²) in [4.78, 5) is 16.6. The van der Waals surface area contributed by atoms with Crippen LogP contribution in [0, 0.1) is 0 Å². The molecule has 134 valence electrons. The highest BCUT2D eigenvalue weighted by Crippen LogP contribution is 2.19. The Labute approximate surface area is 151 Å². The molecule has 1 aromatic heterocycles. The lowest BCUT2D eigenvalue weighted by Gasteiger charge is -2.05. The summed E-state index contributed by atoms with van der Waals surface area (Å²) in [7, 11) is 3.20. The zero-order chi connectivity index (χ0) is 18.4. The molecular weight excluding hydrogens is 332 g/mol. The van der Waals surface area contributed by atoms with Gasteiger partial charge in [0, 0.05) is 24.1 Å². The smallest absolute Gasteiger partial charge is 0.251 e. The van der Waals surface area contributed by atoms with Crippen LogP contribution in [0.15, 0.2) is 48.5 Å². The predicted molar refractivity (Wildman–Crippen MR) is 97.4 cm³/mol. The number of ether oxygens (including phenoxy) is 2. The van der Waals surface area contributed by atoms with E-state index in [4.69, 9.17) is 9.47 Å². The third-order valence-corrected chi connectivity index (χ3v) is 3.86. The van der Waals surface area contributed by atoms with E-state index in [0.29, 0.717) is 35.9 Å². The van der Waals surface area contributed by atoms with E-state index >= 15 is 0 Å². The second-order valence-corrected chi connectivity index (χ2v) is 5.57. The highest BCUT2D eigenvalue weighted by atomic mass is 16.5. The van der Waals surface area contributed by atoms with Gasteiger partial charge in [-0.2, -0.15) is 5.10 Å². The molecule has 7 heteroatoms. The van der Waals surface area contributed by atoms with E-state index in [1.165, 1.54) is 0 Å². The first-order valence-corrected chi connectivity index (χ1v) is 8.17. The van der Waals surface area contributed by atoms with Crippen LogP contribution < -0.4 is 14.8 Å². The minimum Gasteiger partial charge on any atom is -0.497 e. The van der Waals surface area contributed by atoms with Gasteiger partial charge in [0.05, 0.1) is 14.2 Å². The Morgan fingerprint density at radius 3 is 2.58 bits per heavy atom. The number of aromatic nitrogens is 3. The lowest BCUT2D eigenvalue weighted by atomic mass is 10.2. The van der Waals surface area contributed by atoms with E-state index < -0.39 is 0 Å². The molecule has 0 aliphatic heterocycles. The van der Waals surface area contributed by atoms with Crippen LogP contribution in [0.5, 0.6) is 11.5 Å². The fourth-order valence-electron chi connectivity index (χ4n) is 2.44. The van der Waals surface area contributed by atoms with Crippen LogP contribution in [0.25, 0.3) is 11.4 Å². The second-order valence-electron chi connectivity index (χ2n) is 5.57. The quantitative estimate of drug-likeness (QED) is 0.682. The van der Waals surface area contributed by atoms with Gasteiger partial charge in [-0.3, -0.25) is 9.89 Å². The van der Waals surface area contributed by atoms with Gasteiger partial charge >= 0.3 is 0 Å². The van der Waals surface area contributed by atoms with Gasteiger partial charge in [0.2, 0.25) is 0 Å². The Balaban J connectivity index is 1.55. The molecule has 0 aliphatic carbocycles. The number of carbonyl (C=O) groups excluding carboxylic acids is 1. The maximum absolute atomic E-state index is 12.2. The molecule has 3 rings (SSSR count). The van der Waals surface area contributed by atoms with E-state index in [2.05, 4.69) is 20.5 Å². The van der Waals surface area contributed by atoms with Crippen LogP contribution in [0.4, 0.5) is 0 Å². The van der Waals surface area contributed by atoms with Crippen LogP contribution >= 0.6 is 0 Å². The SMILES string of the molecule is COc1ccc(-c2n[nH]c(CCNC(=O)c3cccc(OC)c3)n2)cc1. The average Bonchev–Trinajstić information content (AvgIpc) is 3.17. The van der Waals surface area contributed by atoms with E-state index in [9.17, 15) is 4.79 Å². The summed E-state index contributed by atoms with van der Waals surface area (Å²) in [6.07, 6.45) is 0.554. The van der Waals surface area contributed by atoms with Crippen molar-refractivity contribution in [2.75, 3.05) is 20.8 Å². The summed E-state index contributed by atoms with van der Waals surface area (Å²) in [5.74, 6) is 2.60. The summed E-state index contributed by atoms with van der Waals surface area (Å²) in [5.41, 5.74) is 1.45. The van der Waals surface area contributed by atoms with Crippen molar-refractivity contribution in [3.05, 3.63) is 59.9 Å². The Morgan fingerprint density at radius 2 is 1.85 bits per heavy atom. The zero-order valence-corrected chi connectivity index (χ0v) is 14.7. The highest BCUT2D eigenvalue weighted by molar-refractivity contribution is 5.94. The number of nitrogens with zero attached hydrogens (tertiary/aromatic N) is 2. The first-order chi connectivity index (χ1) is 12.7. The first kappa shape index (κ1) is 17.5. The van der Waals surface area contributed by atoms with Crippen molar-refractivity contribution in [2.45, 2.75) is 6.42 Å². The molecule has 0 fully saturated rings. The van der Waals surface area contributed by atoms with Gasteiger partial charge in [-0.15, -0.1) is 0 Å². The van der Waals surface area contributed by atoms with E-state index in [-0.39, 0.29) is 5.91 Å². The lowest BCUT2D eigenvalue weighted by molar-refractivity contribution is 0.0953. The maximum atomic E-state index is 12.2. The first-order valence-electron chi connectivity index (χ1n) is 8.17. The van der Waals surface area contributed by atoms with Gasteiger partial charge in [0.15, 0.2) is 5.82 Å². The maximum Gasteiger partial charge on any atom is 0.251 e. The Bertz CT molecular complexity index is 875. The molecule has 0 bridgehead atoms. The fourth-order valence-corrected chi connectivity index (χ4v) is 2.44. The molecule has 0 unspecified atom stereocenters. The Kier molecular flexibility index (Phi) is 5.48. The van der Waals surface area contributed by atoms with E-state index in [1.54, 1.807) is 38.5 Å². The predicted octanol–water partition coefficient (Wildman–Crippen LogP) is 2.46. The summed E-state index contributed by atoms with van der Waals surface area (Å²) < 4.78 is 10.3. The largest absolute Gasteiger partial charge is 0.497 e. The lowest BCUT2D eigenvalue weighted by Crippen LogP contribution is -2.25. The number of benzene rings is 2. The second kappa shape index (κ2) is 8.15. The van der Waals surface area contributed by atoms with Crippen molar-refractivity contribution in [2.24, 2.45) is 0 Å². The van der Waals surface area contributed by atoms with Crippen molar-refractivity contribution in [1.82, 2.24) is 20.5 Å². The molecule has 0 radical (unpaired) electrons. The van der Waals surface area contributed by atoms with Crippen LogP contribution in [0.1, 0.15) is 16.2 Å². The third kappa shape index (κ3) is 4.18. The topological polar surface area (TPSA) is 89.1 Å². The number of hydrogen-bond donors (Lipinski definition) is 2. The van der Waals surface area contributed by atoms with Crippen LogP contribution in [-0.2, 0) is 6.42 Å². The molecule has 1 amide bonds. The summed E-state index contributed by atoms with van der Waals surface area (Å²) in [6.45, 7) is 0.452. The monoisotopic (exact) mass is 352 g/mol. The van der Waals surface area contributed by atoms with E-state index in [0.717, 1.165) is 11.3 Å². The van der Waals surface area contributed by atoms with Gasteiger partial charge in [-0.1, -0.05) is 6.07 Å². The van der Waals surface area contributed by atoms with Gasteiger partial charge in [-0.05, 0) is 42.5 Å². The normalized spacial score (nSPS) is 10.4.